The van der Waals surface area contributed by atoms with Crippen molar-refractivity contribution in [2.45, 2.75) is 103 Å². The van der Waals surface area contributed by atoms with E-state index in [9.17, 15) is 34.3 Å². The van der Waals surface area contributed by atoms with Gasteiger partial charge in [0.05, 0.1) is 39.6 Å². The van der Waals surface area contributed by atoms with Gasteiger partial charge in [-0.25, -0.2) is 0 Å². The van der Waals surface area contributed by atoms with Crippen LogP contribution in [0.4, 0.5) is 0 Å². The summed E-state index contributed by atoms with van der Waals surface area (Å²) in [5, 5.41) is 12.5. The van der Waals surface area contributed by atoms with Crippen LogP contribution in [0.2, 0.25) is 0 Å². The predicted molar refractivity (Wildman–Crippen MR) is 165 cm³/mol. The second-order valence-electron chi connectivity index (χ2n) is 11.1. The Labute approximate surface area is 298 Å². The Bertz CT molecular complexity index is 1260. The first kappa shape index (κ1) is 44.0. The van der Waals surface area contributed by atoms with Crippen molar-refractivity contribution in [2.75, 3.05) is 52.9 Å². The van der Waals surface area contributed by atoms with E-state index in [2.05, 4.69) is 10.0 Å². The van der Waals surface area contributed by atoms with Crippen LogP contribution in [0.5, 0.6) is 0 Å². The Morgan fingerprint density at radius 2 is 1.06 bits per heavy atom. The lowest BCUT2D eigenvalue weighted by Crippen LogP contribution is -2.66. The summed E-state index contributed by atoms with van der Waals surface area (Å²) in [7, 11) is 0. The van der Waals surface area contributed by atoms with Crippen molar-refractivity contribution in [3.8, 4) is 0 Å². The quantitative estimate of drug-likeness (QED) is 0.0405. The molecular formula is C30H45N3O19. The smallest absolute Gasteiger partial charge is 0.303 e. The molecule has 22 nitrogen and oxygen atoms in total. The second-order valence-corrected chi connectivity index (χ2v) is 11.1. The molecule has 2 saturated heterocycles. The molecule has 10 atom stereocenters. The summed E-state index contributed by atoms with van der Waals surface area (Å²) >= 11 is 0. The molecule has 0 aliphatic carbocycles. The largest absolute Gasteiger partial charge is 0.463 e. The van der Waals surface area contributed by atoms with Gasteiger partial charge >= 0.3 is 35.8 Å². The van der Waals surface area contributed by atoms with Crippen LogP contribution >= 0.6 is 0 Å². The number of aliphatic hydroxyl groups is 1. The Morgan fingerprint density at radius 1 is 0.596 bits per heavy atom. The van der Waals surface area contributed by atoms with E-state index in [1.165, 1.54) is 0 Å². The third-order valence-corrected chi connectivity index (χ3v) is 6.91. The van der Waals surface area contributed by atoms with Gasteiger partial charge in [-0.3, -0.25) is 28.8 Å². The Balaban J connectivity index is 2.57. The lowest BCUT2D eigenvalue weighted by Gasteiger charge is -2.48. The number of azide groups is 1. The fourth-order valence-electron chi connectivity index (χ4n) is 5.10. The number of aliphatic hydroxyl groups excluding tert-OH is 1. The van der Waals surface area contributed by atoms with Gasteiger partial charge in [0.2, 0.25) is 0 Å². The number of esters is 6. The molecule has 0 aromatic rings. The maximum absolute atomic E-state index is 12.4. The number of hydrogen-bond donors (Lipinski definition) is 1. The van der Waals surface area contributed by atoms with E-state index in [0.29, 0.717) is 0 Å². The summed E-state index contributed by atoms with van der Waals surface area (Å²) < 4.78 is 66.8. The average Bonchev–Trinajstić information content (AvgIpc) is 3.04. The Hall–Kier alpha value is -4.15. The minimum absolute atomic E-state index is 0.00282. The lowest BCUT2D eigenvalue weighted by molar-refractivity contribution is -0.349. The van der Waals surface area contributed by atoms with E-state index in [4.69, 9.17) is 61.9 Å². The monoisotopic (exact) mass is 751 g/mol. The highest BCUT2D eigenvalue weighted by molar-refractivity contribution is 5.69. The van der Waals surface area contributed by atoms with Crippen LogP contribution in [0.15, 0.2) is 5.11 Å². The van der Waals surface area contributed by atoms with E-state index in [1.807, 2.05) is 0 Å². The number of nitrogens with zero attached hydrogens (tertiary/aromatic N) is 3. The molecule has 0 amide bonds. The van der Waals surface area contributed by atoms with Crippen LogP contribution in [0.25, 0.3) is 10.4 Å². The van der Waals surface area contributed by atoms with Crippen LogP contribution in [0.3, 0.4) is 0 Å². The normalized spacial score (nSPS) is 28.4. The SMILES string of the molecule is CC(=O)OC[C@H]1O[C@@H](O[C@H]2[C@H](OC(C)=O)[C@@H](N=[N+]=[N-])[C@H](OCCOCCOCCO)O[C@@H]2COC(C)=O)[C@H](OC(C)=O)[C@@H](OC(C)=O)[C@H]1OC(C)=O. The molecule has 1 N–H and O–H groups in total. The first-order valence-electron chi connectivity index (χ1n) is 16.0. The number of carbonyl (C=O) groups is 6. The van der Waals surface area contributed by atoms with Crippen molar-refractivity contribution in [3.05, 3.63) is 10.4 Å². The minimum atomic E-state index is -1.79. The van der Waals surface area contributed by atoms with Gasteiger partial charge in [0.1, 0.15) is 43.7 Å². The van der Waals surface area contributed by atoms with Crippen LogP contribution < -0.4 is 0 Å². The van der Waals surface area contributed by atoms with Crippen molar-refractivity contribution in [3.63, 3.8) is 0 Å². The van der Waals surface area contributed by atoms with Crippen LogP contribution in [0.1, 0.15) is 41.5 Å². The molecule has 0 saturated carbocycles. The van der Waals surface area contributed by atoms with E-state index in [0.717, 1.165) is 41.5 Å². The molecule has 2 rings (SSSR count). The van der Waals surface area contributed by atoms with E-state index >= 15 is 0 Å². The molecule has 2 fully saturated rings. The van der Waals surface area contributed by atoms with Gasteiger partial charge in [0, 0.05) is 46.5 Å². The topological polar surface area (TPSA) is 282 Å². The molecule has 0 bridgehead atoms. The maximum Gasteiger partial charge on any atom is 0.303 e. The van der Waals surface area contributed by atoms with Gasteiger partial charge in [-0.2, -0.15) is 0 Å². The summed E-state index contributed by atoms with van der Waals surface area (Å²) in [4.78, 5) is 75.6. The molecule has 0 spiro atoms. The molecule has 294 valence electrons. The van der Waals surface area contributed by atoms with Crippen molar-refractivity contribution in [1.82, 2.24) is 0 Å². The van der Waals surface area contributed by atoms with Crippen LogP contribution in [0, 0.1) is 0 Å². The zero-order chi connectivity index (χ0) is 38.8. The van der Waals surface area contributed by atoms with Gasteiger partial charge in [-0.15, -0.1) is 0 Å². The number of rotatable bonds is 20. The van der Waals surface area contributed by atoms with Gasteiger partial charge < -0.3 is 61.9 Å². The number of carbonyl (C=O) groups excluding carboxylic acids is 6. The van der Waals surface area contributed by atoms with Crippen molar-refractivity contribution in [1.29, 1.82) is 0 Å². The zero-order valence-corrected chi connectivity index (χ0v) is 29.6. The predicted octanol–water partition coefficient (Wildman–Crippen LogP) is -0.605. The third-order valence-electron chi connectivity index (χ3n) is 6.91. The van der Waals surface area contributed by atoms with Crippen LogP contribution in [-0.2, 0) is 85.6 Å². The summed E-state index contributed by atoms with van der Waals surface area (Å²) in [6, 6.07) is -1.47. The molecule has 0 radical (unpaired) electrons. The lowest BCUT2D eigenvalue weighted by atomic mass is 9.95. The Morgan fingerprint density at radius 3 is 1.58 bits per heavy atom. The van der Waals surface area contributed by atoms with E-state index in [1.54, 1.807) is 0 Å². The first-order valence-corrected chi connectivity index (χ1v) is 16.0. The molecule has 2 heterocycles. The number of ether oxygens (including phenoxy) is 12. The fraction of sp³-hybridized carbons (Fsp3) is 0.800. The van der Waals surface area contributed by atoms with Crippen molar-refractivity contribution >= 4 is 35.8 Å². The molecule has 0 aromatic heterocycles. The highest BCUT2D eigenvalue weighted by Gasteiger charge is 2.56. The van der Waals surface area contributed by atoms with Gasteiger partial charge in [-0.05, 0) is 5.53 Å². The highest BCUT2D eigenvalue weighted by Crippen LogP contribution is 2.35. The van der Waals surface area contributed by atoms with Crippen LogP contribution in [-0.4, -0.2) is 155 Å². The zero-order valence-electron chi connectivity index (χ0n) is 29.6. The summed E-state index contributed by atoms with van der Waals surface area (Å²) in [6.07, 6.45) is -14.0. The summed E-state index contributed by atoms with van der Waals surface area (Å²) in [5.41, 5.74) is 9.48. The molecule has 0 unspecified atom stereocenters. The van der Waals surface area contributed by atoms with E-state index < -0.39 is 110 Å². The van der Waals surface area contributed by atoms with Gasteiger partial charge in [0.25, 0.3) is 0 Å². The highest BCUT2D eigenvalue weighted by atomic mass is 16.8. The minimum Gasteiger partial charge on any atom is -0.463 e. The van der Waals surface area contributed by atoms with E-state index in [-0.39, 0.29) is 39.6 Å². The van der Waals surface area contributed by atoms with Crippen molar-refractivity contribution < 1.29 is 90.7 Å². The molecular weight excluding hydrogens is 706 g/mol. The molecule has 2 aliphatic rings. The molecule has 52 heavy (non-hydrogen) atoms. The fourth-order valence-corrected chi connectivity index (χ4v) is 5.10. The summed E-state index contributed by atoms with van der Waals surface area (Å²) in [6.45, 7) is 5.43. The van der Waals surface area contributed by atoms with Crippen molar-refractivity contribution in [2.24, 2.45) is 5.11 Å². The first-order chi connectivity index (χ1) is 24.7. The third kappa shape index (κ3) is 14.8. The molecule has 22 heteroatoms. The molecule has 2 aliphatic heterocycles. The number of hydrogen-bond acceptors (Lipinski definition) is 20. The summed E-state index contributed by atoms with van der Waals surface area (Å²) in [5.74, 6) is -5.06. The standard InChI is InChI=1S/C30H45N3O19/c1-15(35)44-13-21-24(26(47-18(4)38)23(32-33-31)29(50-21)43-12-11-42-10-9-41-8-7-34)52-30-28(49-20(6)40)27(48-19(5)39)25(46-17(3)37)22(51-30)14-45-16(2)36/h21-30,34H,7-14H2,1-6H3/t21-,22-,23-,24-,25+,26-,27+,28-,29-,30+/m1/s1. The maximum atomic E-state index is 12.4. The van der Waals surface area contributed by atoms with Gasteiger partial charge in [-0.1, -0.05) is 5.11 Å². The van der Waals surface area contributed by atoms with Gasteiger partial charge in [0.15, 0.2) is 30.9 Å². The Kier molecular flexibility index (Phi) is 19.2. The molecule has 0 aromatic carbocycles. The average molecular weight is 752 g/mol. The second kappa shape index (κ2) is 22.7.